The van der Waals surface area contributed by atoms with Crippen molar-refractivity contribution in [3.63, 3.8) is 0 Å². The van der Waals surface area contributed by atoms with Crippen LogP contribution in [0.1, 0.15) is 21.2 Å². The topological polar surface area (TPSA) is 92.2 Å². The number of pyridine rings is 1. The van der Waals surface area contributed by atoms with E-state index in [1.54, 1.807) is 17.5 Å². The fourth-order valence-corrected chi connectivity index (χ4v) is 2.01. The van der Waals surface area contributed by atoms with Crippen LogP contribution in [0.4, 0.5) is 5.69 Å². The number of carboxylic acid groups (broad SMARTS) is 1. The zero-order valence-corrected chi connectivity index (χ0v) is 10.9. The summed E-state index contributed by atoms with van der Waals surface area (Å²) in [6.45, 7) is 1.82. The van der Waals surface area contributed by atoms with Gasteiger partial charge in [-0.25, -0.2) is 4.98 Å². The van der Waals surface area contributed by atoms with Crippen molar-refractivity contribution >= 4 is 28.9 Å². The van der Waals surface area contributed by atoms with Crippen LogP contribution >= 0.6 is 11.3 Å². The first kappa shape index (κ1) is 13.2. The van der Waals surface area contributed by atoms with E-state index in [0.717, 1.165) is 5.01 Å². The summed E-state index contributed by atoms with van der Waals surface area (Å²) in [5, 5.41) is 13.8. The van der Waals surface area contributed by atoms with Gasteiger partial charge in [0.15, 0.2) is 0 Å². The molecule has 0 fully saturated rings. The molecule has 0 aliphatic heterocycles. The van der Waals surface area contributed by atoms with Crippen LogP contribution in [-0.2, 0) is 11.2 Å². The minimum absolute atomic E-state index is 0.139. The van der Waals surface area contributed by atoms with E-state index in [-0.39, 0.29) is 12.3 Å². The van der Waals surface area contributed by atoms with Crippen molar-refractivity contribution in [2.45, 2.75) is 13.3 Å². The van der Waals surface area contributed by atoms with Crippen LogP contribution in [0, 0.1) is 6.92 Å². The molecule has 2 N–H and O–H groups in total. The molecule has 19 heavy (non-hydrogen) atoms. The molecule has 0 radical (unpaired) electrons. The zero-order chi connectivity index (χ0) is 13.8. The first-order valence-electron chi connectivity index (χ1n) is 5.45. The summed E-state index contributed by atoms with van der Waals surface area (Å²) in [5.74, 6) is -1.25. The number of carbonyl (C=O) groups excluding carboxylic acids is 1. The van der Waals surface area contributed by atoms with Crippen LogP contribution in [0.3, 0.4) is 0 Å². The van der Waals surface area contributed by atoms with Gasteiger partial charge < -0.3 is 10.4 Å². The smallest absolute Gasteiger partial charge is 0.309 e. The number of aliphatic carboxylic acids is 1. The third kappa shape index (κ3) is 3.59. The highest BCUT2D eigenvalue weighted by atomic mass is 32.1. The second-order valence-corrected chi connectivity index (χ2v) is 4.88. The summed E-state index contributed by atoms with van der Waals surface area (Å²) in [5.41, 5.74) is 1.30. The van der Waals surface area contributed by atoms with E-state index in [2.05, 4.69) is 15.3 Å². The van der Waals surface area contributed by atoms with Gasteiger partial charge in [-0.1, -0.05) is 0 Å². The minimum Gasteiger partial charge on any atom is -0.481 e. The minimum atomic E-state index is -0.942. The van der Waals surface area contributed by atoms with E-state index >= 15 is 0 Å². The standard InChI is InChI=1S/C12H11N3O3S/c1-7-14-10(6-19-7)12(18)15-9-3-2-8(13-5-9)4-11(16)17/h2-3,5-6H,4H2,1H3,(H,15,18)(H,16,17). The number of hydrogen-bond acceptors (Lipinski definition) is 5. The quantitative estimate of drug-likeness (QED) is 0.887. The van der Waals surface area contributed by atoms with Crippen molar-refractivity contribution < 1.29 is 14.7 Å². The Kier molecular flexibility index (Phi) is 3.86. The Labute approximate surface area is 113 Å². The van der Waals surface area contributed by atoms with Crippen molar-refractivity contribution in [3.8, 4) is 0 Å². The molecule has 1 amide bonds. The molecule has 0 aromatic carbocycles. The van der Waals surface area contributed by atoms with Gasteiger partial charge in [0.2, 0.25) is 0 Å². The molecular weight excluding hydrogens is 266 g/mol. The van der Waals surface area contributed by atoms with Gasteiger partial charge in [-0.15, -0.1) is 11.3 Å². The molecule has 0 aliphatic rings. The Morgan fingerprint density at radius 3 is 2.74 bits per heavy atom. The third-order valence-electron chi connectivity index (χ3n) is 2.27. The maximum Gasteiger partial charge on any atom is 0.309 e. The fraction of sp³-hybridized carbons (Fsp3) is 0.167. The Morgan fingerprint density at radius 2 is 2.21 bits per heavy atom. The lowest BCUT2D eigenvalue weighted by Crippen LogP contribution is -2.12. The lowest BCUT2D eigenvalue weighted by molar-refractivity contribution is -0.136. The number of nitrogens with one attached hydrogen (secondary N) is 1. The molecule has 6 nitrogen and oxygen atoms in total. The lowest BCUT2D eigenvalue weighted by atomic mass is 10.2. The number of amides is 1. The maximum atomic E-state index is 11.8. The van der Waals surface area contributed by atoms with Crippen molar-refractivity contribution in [1.82, 2.24) is 9.97 Å². The van der Waals surface area contributed by atoms with Crippen molar-refractivity contribution in [3.05, 3.63) is 40.1 Å². The van der Waals surface area contributed by atoms with Crippen LogP contribution < -0.4 is 5.32 Å². The normalized spacial score (nSPS) is 10.2. The molecule has 2 heterocycles. The summed E-state index contributed by atoms with van der Waals surface area (Å²) in [4.78, 5) is 30.3. The summed E-state index contributed by atoms with van der Waals surface area (Å²) < 4.78 is 0. The van der Waals surface area contributed by atoms with E-state index in [4.69, 9.17) is 5.11 Å². The Balaban J connectivity index is 2.03. The van der Waals surface area contributed by atoms with E-state index in [9.17, 15) is 9.59 Å². The number of thiazole rings is 1. The van der Waals surface area contributed by atoms with Gasteiger partial charge in [0.05, 0.1) is 29.0 Å². The molecular formula is C12H11N3O3S. The summed E-state index contributed by atoms with van der Waals surface area (Å²) >= 11 is 1.40. The average molecular weight is 277 g/mol. The lowest BCUT2D eigenvalue weighted by Gasteiger charge is -2.03. The van der Waals surface area contributed by atoms with Gasteiger partial charge in [-0.3, -0.25) is 14.6 Å². The largest absolute Gasteiger partial charge is 0.481 e. The van der Waals surface area contributed by atoms with E-state index in [1.165, 1.54) is 17.5 Å². The van der Waals surface area contributed by atoms with Crippen LogP contribution in [0.15, 0.2) is 23.7 Å². The molecule has 0 aliphatic carbocycles. The summed E-state index contributed by atoms with van der Waals surface area (Å²) in [6.07, 6.45) is 1.29. The molecule has 0 saturated heterocycles. The van der Waals surface area contributed by atoms with Crippen molar-refractivity contribution in [2.24, 2.45) is 0 Å². The first-order valence-corrected chi connectivity index (χ1v) is 6.33. The molecule has 0 saturated carbocycles. The monoisotopic (exact) mass is 277 g/mol. The zero-order valence-electron chi connectivity index (χ0n) is 10.1. The van der Waals surface area contributed by atoms with Crippen LogP contribution in [-0.4, -0.2) is 27.0 Å². The number of nitrogens with zero attached hydrogens (tertiary/aromatic N) is 2. The van der Waals surface area contributed by atoms with Crippen LogP contribution in [0.2, 0.25) is 0 Å². The molecule has 7 heteroatoms. The molecule has 98 valence electrons. The van der Waals surface area contributed by atoms with Gasteiger partial charge >= 0.3 is 5.97 Å². The fourth-order valence-electron chi connectivity index (χ4n) is 1.42. The number of carbonyl (C=O) groups is 2. The molecule has 0 atom stereocenters. The van der Waals surface area contributed by atoms with Gasteiger partial charge in [0.1, 0.15) is 5.69 Å². The van der Waals surface area contributed by atoms with E-state index in [1.807, 2.05) is 6.92 Å². The average Bonchev–Trinajstić information content (AvgIpc) is 2.78. The maximum absolute atomic E-state index is 11.8. The summed E-state index contributed by atoms with van der Waals surface area (Å²) in [6, 6.07) is 3.18. The number of aromatic nitrogens is 2. The highest BCUT2D eigenvalue weighted by Crippen LogP contribution is 2.12. The van der Waals surface area contributed by atoms with Crippen molar-refractivity contribution in [2.75, 3.05) is 5.32 Å². The second-order valence-electron chi connectivity index (χ2n) is 3.81. The summed E-state index contributed by atoms with van der Waals surface area (Å²) in [7, 11) is 0. The second kappa shape index (κ2) is 5.57. The Bertz CT molecular complexity index is 607. The van der Waals surface area contributed by atoms with Crippen molar-refractivity contribution in [1.29, 1.82) is 0 Å². The SMILES string of the molecule is Cc1nc(C(=O)Nc2ccc(CC(=O)O)nc2)cs1. The Morgan fingerprint density at radius 1 is 1.42 bits per heavy atom. The molecule has 0 spiro atoms. The molecule has 2 aromatic rings. The van der Waals surface area contributed by atoms with Crippen LogP contribution in [0.5, 0.6) is 0 Å². The molecule has 0 bridgehead atoms. The number of rotatable bonds is 4. The number of anilines is 1. The van der Waals surface area contributed by atoms with Gasteiger partial charge in [0, 0.05) is 5.38 Å². The number of aryl methyl sites for hydroxylation is 1. The predicted octanol–water partition coefficient (Wildman–Crippen LogP) is 1.73. The highest BCUT2D eigenvalue weighted by molar-refractivity contribution is 7.09. The number of carboxylic acids is 1. The third-order valence-corrected chi connectivity index (χ3v) is 3.04. The highest BCUT2D eigenvalue weighted by Gasteiger charge is 2.10. The van der Waals surface area contributed by atoms with E-state index in [0.29, 0.717) is 17.1 Å². The van der Waals surface area contributed by atoms with Gasteiger partial charge in [-0.2, -0.15) is 0 Å². The molecule has 2 aromatic heterocycles. The van der Waals surface area contributed by atoms with E-state index < -0.39 is 5.97 Å². The van der Waals surface area contributed by atoms with Gasteiger partial charge in [0.25, 0.3) is 5.91 Å². The molecule has 2 rings (SSSR count). The molecule has 0 unspecified atom stereocenters. The first-order chi connectivity index (χ1) is 9.04. The predicted molar refractivity (Wildman–Crippen MR) is 70.4 cm³/mol. The number of hydrogen-bond donors (Lipinski definition) is 2. The van der Waals surface area contributed by atoms with Crippen LogP contribution in [0.25, 0.3) is 0 Å². The Hall–Kier alpha value is -2.28. The van der Waals surface area contributed by atoms with Gasteiger partial charge in [-0.05, 0) is 19.1 Å².